The number of ether oxygens (including phenoxy) is 1. The molecule has 1 unspecified atom stereocenters. The van der Waals surface area contributed by atoms with Gasteiger partial charge < -0.3 is 4.74 Å². The van der Waals surface area contributed by atoms with Crippen LogP contribution in [0, 0.1) is 0 Å². The molecule has 0 saturated heterocycles. The number of carbonyl (C=O) groups excluding carboxylic acids is 1. The predicted octanol–water partition coefficient (Wildman–Crippen LogP) is 5.71. The van der Waals surface area contributed by atoms with Crippen LogP contribution in [0.15, 0.2) is 101 Å². The second kappa shape index (κ2) is 11.2. The monoisotopic (exact) mass is 544 g/mol. The molecule has 0 radical (unpaired) electrons. The van der Waals surface area contributed by atoms with Crippen molar-refractivity contribution in [3.63, 3.8) is 0 Å². The van der Waals surface area contributed by atoms with E-state index in [1.54, 1.807) is 36.4 Å². The lowest BCUT2D eigenvalue weighted by Gasteiger charge is -2.22. The standard InChI is InChI=1S/C29H25ClN4O3S/c1-3-15-33-28(36)23-14-11-21(30)16-25(23)31-29(33)38-18-27(35)34-26(20-9-12-22(37-2)13-10-20)17-24(32-34)19-7-5-4-6-8-19/h3-14,16,26H,1,15,17-18H2,2H3. The molecule has 4 aromatic rings. The highest BCUT2D eigenvalue weighted by Crippen LogP contribution is 2.34. The number of hydrazone groups is 1. The predicted molar refractivity (Wildman–Crippen MR) is 152 cm³/mol. The summed E-state index contributed by atoms with van der Waals surface area (Å²) in [5, 5.41) is 7.66. The van der Waals surface area contributed by atoms with Crippen molar-refractivity contribution in [3.05, 3.63) is 112 Å². The van der Waals surface area contributed by atoms with E-state index < -0.39 is 0 Å². The van der Waals surface area contributed by atoms with E-state index >= 15 is 0 Å². The molecule has 0 bridgehead atoms. The van der Waals surface area contributed by atoms with Gasteiger partial charge >= 0.3 is 0 Å². The second-order valence-corrected chi connectivity index (χ2v) is 10.1. The zero-order valence-corrected chi connectivity index (χ0v) is 22.3. The van der Waals surface area contributed by atoms with Crippen LogP contribution in [0.2, 0.25) is 5.02 Å². The minimum Gasteiger partial charge on any atom is -0.497 e. The highest BCUT2D eigenvalue weighted by molar-refractivity contribution is 7.99. The Kier molecular flexibility index (Phi) is 7.62. The Bertz CT molecular complexity index is 1590. The van der Waals surface area contributed by atoms with E-state index in [1.807, 2.05) is 54.6 Å². The first-order chi connectivity index (χ1) is 18.5. The van der Waals surface area contributed by atoms with Crippen molar-refractivity contribution >= 4 is 45.9 Å². The number of hydrogen-bond acceptors (Lipinski definition) is 6. The van der Waals surface area contributed by atoms with Gasteiger partial charge in [-0.25, -0.2) is 9.99 Å². The van der Waals surface area contributed by atoms with E-state index in [1.165, 1.54) is 16.3 Å². The number of thioether (sulfide) groups is 1. The van der Waals surface area contributed by atoms with Gasteiger partial charge in [-0.3, -0.25) is 14.2 Å². The van der Waals surface area contributed by atoms with Crippen LogP contribution in [-0.4, -0.2) is 39.0 Å². The van der Waals surface area contributed by atoms with E-state index in [4.69, 9.17) is 21.4 Å². The first-order valence-corrected chi connectivity index (χ1v) is 13.4. The number of benzene rings is 3. The number of carbonyl (C=O) groups is 1. The summed E-state index contributed by atoms with van der Waals surface area (Å²) >= 11 is 7.34. The number of fused-ring (bicyclic) bond motifs is 1. The second-order valence-electron chi connectivity index (χ2n) is 8.69. The fourth-order valence-electron chi connectivity index (χ4n) is 4.40. The number of aromatic nitrogens is 2. The molecule has 0 fully saturated rings. The van der Waals surface area contributed by atoms with Crippen molar-refractivity contribution in [1.29, 1.82) is 0 Å². The van der Waals surface area contributed by atoms with Crippen LogP contribution >= 0.6 is 23.4 Å². The first-order valence-electron chi connectivity index (χ1n) is 12.0. The van der Waals surface area contributed by atoms with Gasteiger partial charge in [-0.2, -0.15) is 5.10 Å². The molecule has 7 nitrogen and oxygen atoms in total. The number of methoxy groups -OCH3 is 1. The van der Waals surface area contributed by atoms with Crippen LogP contribution in [0.3, 0.4) is 0 Å². The van der Waals surface area contributed by atoms with Crippen LogP contribution in [0.5, 0.6) is 5.75 Å². The molecular formula is C29H25ClN4O3S. The molecule has 5 rings (SSSR count). The molecule has 0 saturated carbocycles. The molecule has 3 aromatic carbocycles. The van der Waals surface area contributed by atoms with Crippen molar-refractivity contribution < 1.29 is 9.53 Å². The van der Waals surface area contributed by atoms with Crippen LogP contribution in [0.25, 0.3) is 10.9 Å². The van der Waals surface area contributed by atoms with Gasteiger partial charge in [-0.1, -0.05) is 71.9 Å². The van der Waals surface area contributed by atoms with Crippen molar-refractivity contribution in [2.75, 3.05) is 12.9 Å². The van der Waals surface area contributed by atoms with Crippen molar-refractivity contribution in [1.82, 2.24) is 14.6 Å². The summed E-state index contributed by atoms with van der Waals surface area (Å²) in [6, 6.07) is 22.2. The number of allylic oxidation sites excluding steroid dienone is 1. The highest BCUT2D eigenvalue weighted by Gasteiger charge is 2.33. The van der Waals surface area contributed by atoms with E-state index in [9.17, 15) is 9.59 Å². The summed E-state index contributed by atoms with van der Waals surface area (Å²) in [4.78, 5) is 31.4. The lowest BCUT2D eigenvalue weighted by molar-refractivity contribution is -0.130. The van der Waals surface area contributed by atoms with Gasteiger partial charge in [0.2, 0.25) is 0 Å². The third kappa shape index (κ3) is 5.23. The summed E-state index contributed by atoms with van der Waals surface area (Å²) in [5.41, 5.74) is 3.05. The maximum Gasteiger partial charge on any atom is 0.262 e. The molecule has 1 aromatic heterocycles. The third-order valence-corrected chi connectivity index (χ3v) is 7.49. The molecule has 1 atom stereocenters. The van der Waals surface area contributed by atoms with Crippen LogP contribution in [-0.2, 0) is 11.3 Å². The lowest BCUT2D eigenvalue weighted by Crippen LogP contribution is -2.29. The Labute approximate surface area is 229 Å². The molecule has 0 N–H and O–H groups in total. The molecular weight excluding hydrogens is 520 g/mol. The Balaban J connectivity index is 1.45. The van der Waals surface area contributed by atoms with Crippen LogP contribution < -0.4 is 10.3 Å². The van der Waals surface area contributed by atoms with Crippen molar-refractivity contribution in [2.24, 2.45) is 5.10 Å². The fraction of sp³-hybridized carbons (Fsp3) is 0.172. The van der Waals surface area contributed by atoms with Crippen molar-refractivity contribution in [3.8, 4) is 5.75 Å². The summed E-state index contributed by atoms with van der Waals surface area (Å²) in [7, 11) is 1.62. The molecule has 9 heteroatoms. The zero-order valence-electron chi connectivity index (χ0n) is 20.7. The molecule has 1 amide bonds. The van der Waals surface area contributed by atoms with E-state index in [-0.39, 0.29) is 29.8 Å². The maximum atomic E-state index is 13.6. The van der Waals surface area contributed by atoms with Gasteiger partial charge in [0.25, 0.3) is 11.5 Å². The minimum absolute atomic E-state index is 0.0495. The average Bonchev–Trinajstić information content (AvgIpc) is 3.40. The maximum absolute atomic E-state index is 13.6. The summed E-state index contributed by atoms with van der Waals surface area (Å²) in [6.07, 6.45) is 2.22. The Morgan fingerprint density at radius 3 is 2.63 bits per heavy atom. The molecule has 0 aliphatic carbocycles. The number of nitrogens with zero attached hydrogens (tertiary/aromatic N) is 4. The molecule has 0 spiro atoms. The van der Waals surface area contributed by atoms with Crippen LogP contribution in [0.4, 0.5) is 0 Å². The van der Waals surface area contributed by atoms with Gasteiger partial charge in [-0.05, 0) is 41.5 Å². The topological polar surface area (TPSA) is 76.8 Å². The van der Waals surface area contributed by atoms with Gasteiger partial charge in [-0.15, -0.1) is 6.58 Å². The number of halogens is 1. The highest BCUT2D eigenvalue weighted by atomic mass is 35.5. The number of rotatable bonds is 8. The van der Waals surface area contributed by atoms with E-state index in [2.05, 4.69) is 11.6 Å². The summed E-state index contributed by atoms with van der Waals surface area (Å²) in [5.74, 6) is 0.604. The lowest BCUT2D eigenvalue weighted by atomic mass is 9.98. The zero-order chi connectivity index (χ0) is 26.6. The Hall–Kier alpha value is -3.88. The molecule has 1 aliphatic heterocycles. The first kappa shape index (κ1) is 25.8. The van der Waals surface area contributed by atoms with E-state index in [0.717, 1.165) is 22.6 Å². The number of amides is 1. The fourth-order valence-corrected chi connectivity index (χ4v) is 5.42. The van der Waals surface area contributed by atoms with Gasteiger partial charge in [0.1, 0.15) is 5.75 Å². The van der Waals surface area contributed by atoms with Crippen LogP contribution in [0.1, 0.15) is 23.6 Å². The third-order valence-electron chi connectivity index (χ3n) is 6.29. The smallest absolute Gasteiger partial charge is 0.262 e. The minimum atomic E-state index is -0.261. The van der Waals surface area contributed by atoms with Gasteiger partial charge in [0.15, 0.2) is 5.16 Å². The molecule has 1 aliphatic rings. The van der Waals surface area contributed by atoms with E-state index in [0.29, 0.717) is 27.5 Å². The molecule has 2 heterocycles. The molecule has 192 valence electrons. The Morgan fingerprint density at radius 2 is 1.92 bits per heavy atom. The molecule has 38 heavy (non-hydrogen) atoms. The SMILES string of the molecule is C=CCn1c(SCC(=O)N2N=C(c3ccccc3)CC2c2ccc(OC)cc2)nc2cc(Cl)ccc2c1=O. The van der Waals surface area contributed by atoms with Gasteiger partial charge in [0, 0.05) is 18.0 Å². The summed E-state index contributed by atoms with van der Waals surface area (Å²) < 4.78 is 6.82. The number of hydrogen-bond donors (Lipinski definition) is 0. The van der Waals surface area contributed by atoms with Crippen molar-refractivity contribution in [2.45, 2.75) is 24.2 Å². The average molecular weight is 545 g/mol. The summed E-state index contributed by atoms with van der Waals surface area (Å²) in [6.45, 7) is 4.04. The normalized spacial score (nSPS) is 14.9. The Morgan fingerprint density at radius 1 is 1.16 bits per heavy atom. The largest absolute Gasteiger partial charge is 0.497 e. The van der Waals surface area contributed by atoms with Gasteiger partial charge in [0.05, 0.1) is 35.5 Å². The quantitative estimate of drug-likeness (QED) is 0.161.